The van der Waals surface area contributed by atoms with Gasteiger partial charge < -0.3 is 5.73 Å². The Bertz CT molecular complexity index is 85.6. The molecule has 0 aromatic carbocycles. The molecule has 0 rings (SSSR count). The minimum absolute atomic E-state index is 0.416. The van der Waals surface area contributed by atoms with E-state index >= 15 is 0 Å². The zero-order valence-electron chi connectivity index (χ0n) is 7.97. The van der Waals surface area contributed by atoms with E-state index in [4.69, 9.17) is 5.73 Å². The van der Waals surface area contributed by atoms with E-state index in [2.05, 4.69) is 20.8 Å². The lowest BCUT2D eigenvalue weighted by Crippen LogP contribution is -2.23. The van der Waals surface area contributed by atoms with E-state index in [9.17, 15) is 0 Å². The molecule has 2 N–H and O–H groups in total. The maximum atomic E-state index is 5.87. The Morgan fingerprint density at radius 3 is 2.45 bits per heavy atom. The normalized spacial score (nSPS) is 16.4. The molecule has 0 aliphatic rings. The van der Waals surface area contributed by atoms with Crippen LogP contribution in [0.3, 0.4) is 0 Å². The predicted octanol–water partition coefficient (Wildman–Crippen LogP) is 2.65. The number of thioether (sulfide) groups is 1. The van der Waals surface area contributed by atoms with Crippen molar-refractivity contribution in [2.45, 2.75) is 51.3 Å². The highest BCUT2D eigenvalue weighted by molar-refractivity contribution is 7.99. The fraction of sp³-hybridized carbons (Fsp3) is 1.00. The standard InChI is InChI=1S/C9H21NS/c1-4-6-9(10)7-11-8(3)5-2/h8-9H,4-7,10H2,1-3H3/t8?,9-/m1/s1. The fourth-order valence-electron chi connectivity index (χ4n) is 0.860. The SMILES string of the molecule is CCC[C@@H](N)CSC(C)CC. The van der Waals surface area contributed by atoms with E-state index in [0.717, 1.165) is 11.0 Å². The van der Waals surface area contributed by atoms with Crippen molar-refractivity contribution in [1.29, 1.82) is 0 Å². The van der Waals surface area contributed by atoms with Crippen LogP contribution in [-0.4, -0.2) is 17.0 Å². The largest absolute Gasteiger partial charge is 0.327 e. The smallest absolute Gasteiger partial charge is 0.0130 e. The van der Waals surface area contributed by atoms with Gasteiger partial charge in [-0.3, -0.25) is 0 Å². The highest BCUT2D eigenvalue weighted by Crippen LogP contribution is 2.15. The summed E-state index contributed by atoms with van der Waals surface area (Å²) in [6, 6.07) is 0.416. The summed E-state index contributed by atoms with van der Waals surface area (Å²) in [7, 11) is 0. The van der Waals surface area contributed by atoms with Crippen LogP contribution in [0.1, 0.15) is 40.0 Å². The van der Waals surface area contributed by atoms with E-state index in [1.807, 2.05) is 11.8 Å². The summed E-state index contributed by atoms with van der Waals surface area (Å²) in [6.07, 6.45) is 3.63. The maximum Gasteiger partial charge on any atom is 0.0130 e. The van der Waals surface area contributed by atoms with Crippen molar-refractivity contribution in [1.82, 2.24) is 0 Å². The van der Waals surface area contributed by atoms with Crippen molar-refractivity contribution < 1.29 is 0 Å². The number of nitrogens with two attached hydrogens (primary N) is 1. The molecule has 0 aliphatic carbocycles. The summed E-state index contributed by atoms with van der Waals surface area (Å²) in [5, 5.41) is 0.776. The van der Waals surface area contributed by atoms with Crippen molar-refractivity contribution in [3.05, 3.63) is 0 Å². The van der Waals surface area contributed by atoms with E-state index < -0.39 is 0 Å². The summed E-state index contributed by atoms with van der Waals surface area (Å²) in [4.78, 5) is 0. The minimum atomic E-state index is 0.416. The molecule has 0 saturated carbocycles. The van der Waals surface area contributed by atoms with Gasteiger partial charge in [0.05, 0.1) is 0 Å². The number of hydrogen-bond donors (Lipinski definition) is 1. The zero-order valence-corrected chi connectivity index (χ0v) is 8.79. The van der Waals surface area contributed by atoms with Gasteiger partial charge >= 0.3 is 0 Å². The van der Waals surface area contributed by atoms with Crippen LogP contribution in [0, 0.1) is 0 Å². The molecule has 0 fully saturated rings. The van der Waals surface area contributed by atoms with Crippen molar-refractivity contribution >= 4 is 11.8 Å². The van der Waals surface area contributed by atoms with Crippen LogP contribution in [0.15, 0.2) is 0 Å². The van der Waals surface area contributed by atoms with E-state index in [0.29, 0.717) is 6.04 Å². The van der Waals surface area contributed by atoms with Gasteiger partial charge in [0.15, 0.2) is 0 Å². The van der Waals surface area contributed by atoms with Crippen LogP contribution in [0.5, 0.6) is 0 Å². The third-order valence-electron chi connectivity index (χ3n) is 1.83. The first-order chi connectivity index (χ1) is 5.20. The second-order valence-electron chi connectivity index (χ2n) is 3.10. The molecule has 68 valence electrons. The summed E-state index contributed by atoms with van der Waals surface area (Å²) < 4.78 is 0. The molecule has 2 heteroatoms. The Balaban J connectivity index is 3.22. The highest BCUT2D eigenvalue weighted by Gasteiger charge is 2.04. The summed E-state index contributed by atoms with van der Waals surface area (Å²) in [5.74, 6) is 1.13. The summed E-state index contributed by atoms with van der Waals surface area (Å²) in [5.41, 5.74) is 5.87. The molecule has 0 amide bonds. The fourth-order valence-corrected chi connectivity index (χ4v) is 1.84. The Morgan fingerprint density at radius 1 is 1.36 bits per heavy atom. The second kappa shape index (κ2) is 6.99. The third-order valence-corrected chi connectivity index (χ3v) is 3.35. The van der Waals surface area contributed by atoms with E-state index in [-0.39, 0.29) is 0 Å². The predicted molar refractivity (Wildman–Crippen MR) is 55.1 cm³/mol. The van der Waals surface area contributed by atoms with Crippen molar-refractivity contribution in [2.24, 2.45) is 5.73 Å². The van der Waals surface area contributed by atoms with Crippen LogP contribution >= 0.6 is 11.8 Å². The molecule has 2 atom stereocenters. The molecule has 0 aromatic rings. The monoisotopic (exact) mass is 175 g/mol. The lowest BCUT2D eigenvalue weighted by Gasteiger charge is -2.12. The van der Waals surface area contributed by atoms with E-state index in [1.54, 1.807) is 0 Å². The molecule has 1 nitrogen and oxygen atoms in total. The Morgan fingerprint density at radius 2 is 2.00 bits per heavy atom. The average molecular weight is 175 g/mol. The molecule has 0 heterocycles. The van der Waals surface area contributed by atoms with Crippen LogP contribution in [0.4, 0.5) is 0 Å². The van der Waals surface area contributed by atoms with Crippen molar-refractivity contribution in [3.8, 4) is 0 Å². The third kappa shape index (κ3) is 6.70. The van der Waals surface area contributed by atoms with Crippen molar-refractivity contribution in [3.63, 3.8) is 0 Å². The van der Waals surface area contributed by atoms with Crippen LogP contribution in [-0.2, 0) is 0 Å². The van der Waals surface area contributed by atoms with Gasteiger partial charge in [0.25, 0.3) is 0 Å². The van der Waals surface area contributed by atoms with Gasteiger partial charge in [0.2, 0.25) is 0 Å². The Kier molecular flexibility index (Phi) is 7.18. The first-order valence-electron chi connectivity index (χ1n) is 4.57. The van der Waals surface area contributed by atoms with Crippen LogP contribution in [0.25, 0.3) is 0 Å². The lowest BCUT2D eigenvalue weighted by atomic mass is 10.2. The first-order valence-corrected chi connectivity index (χ1v) is 5.62. The topological polar surface area (TPSA) is 26.0 Å². The molecular weight excluding hydrogens is 154 g/mol. The maximum absolute atomic E-state index is 5.87. The van der Waals surface area contributed by atoms with Gasteiger partial charge in [-0.2, -0.15) is 11.8 Å². The van der Waals surface area contributed by atoms with Gasteiger partial charge in [-0.05, 0) is 12.8 Å². The summed E-state index contributed by atoms with van der Waals surface area (Å²) in [6.45, 7) is 6.68. The van der Waals surface area contributed by atoms with Gasteiger partial charge in [-0.25, -0.2) is 0 Å². The van der Waals surface area contributed by atoms with Gasteiger partial charge in [0, 0.05) is 17.0 Å². The lowest BCUT2D eigenvalue weighted by molar-refractivity contribution is 0.659. The average Bonchev–Trinajstić information content (AvgIpc) is 2.01. The molecule has 11 heavy (non-hydrogen) atoms. The zero-order chi connectivity index (χ0) is 8.69. The molecule has 0 saturated heterocycles. The van der Waals surface area contributed by atoms with Crippen LogP contribution < -0.4 is 5.73 Å². The van der Waals surface area contributed by atoms with E-state index in [1.165, 1.54) is 19.3 Å². The molecule has 1 unspecified atom stereocenters. The molecule has 0 bridgehead atoms. The minimum Gasteiger partial charge on any atom is -0.327 e. The number of hydrogen-bond acceptors (Lipinski definition) is 2. The molecule has 0 aromatic heterocycles. The van der Waals surface area contributed by atoms with Gasteiger partial charge in [0.1, 0.15) is 0 Å². The first kappa shape index (κ1) is 11.3. The molecule has 0 aliphatic heterocycles. The summed E-state index contributed by atoms with van der Waals surface area (Å²) >= 11 is 2.00. The quantitative estimate of drug-likeness (QED) is 0.671. The van der Waals surface area contributed by atoms with Crippen molar-refractivity contribution in [2.75, 3.05) is 5.75 Å². The van der Waals surface area contributed by atoms with Crippen LogP contribution in [0.2, 0.25) is 0 Å². The van der Waals surface area contributed by atoms with Gasteiger partial charge in [-0.15, -0.1) is 0 Å². The molecule has 0 spiro atoms. The molecular formula is C9H21NS. The Hall–Kier alpha value is 0.310. The highest BCUT2D eigenvalue weighted by atomic mass is 32.2. The number of rotatable bonds is 6. The Labute approximate surface area is 75.1 Å². The van der Waals surface area contributed by atoms with Gasteiger partial charge in [-0.1, -0.05) is 27.2 Å². The molecule has 0 radical (unpaired) electrons. The second-order valence-corrected chi connectivity index (χ2v) is 4.57.